The highest BCUT2D eigenvalue weighted by molar-refractivity contribution is 7.51. The van der Waals surface area contributed by atoms with E-state index >= 15 is 0 Å². The van der Waals surface area contributed by atoms with Crippen LogP contribution in [0.4, 0.5) is 0 Å². The highest BCUT2D eigenvalue weighted by atomic mass is 31.2. The van der Waals surface area contributed by atoms with Crippen molar-refractivity contribution in [2.75, 3.05) is 6.16 Å². The first kappa shape index (κ1) is 28.8. The van der Waals surface area contributed by atoms with E-state index in [2.05, 4.69) is 88.4 Å². The summed E-state index contributed by atoms with van der Waals surface area (Å²) in [6.07, 6.45) is 2.39. The SMILES string of the molecule is CC.CCC(C)c1ccccc1.CCC(C)c1ccccc1.CCP(=O)(O)O. The lowest BCUT2D eigenvalue weighted by Crippen LogP contribution is -1.88. The maximum absolute atomic E-state index is 9.69. The summed E-state index contributed by atoms with van der Waals surface area (Å²) in [7, 11) is -3.65. The van der Waals surface area contributed by atoms with Gasteiger partial charge in [-0.3, -0.25) is 4.57 Å². The Bertz CT molecular complexity index is 563. The fourth-order valence-electron chi connectivity index (χ4n) is 2.03. The van der Waals surface area contributed by atoms with Crippen molar-refractivity contribution in [1.29, 1.82) is 0 Å². The topological polar surface area (TPSA) is 57.5 Å². The molecular formula is C24H41O3P. The average Bonchev–Trinajstić information content (AvgIpc) is 2.75. The van der Waals surface area contributed by atoms with Gasteiger partial charge in [0.05, 0.1) is 0 Å². The molecule has 0 radical (unpaired) electrons. The van der Waals surface area contributed by atoms with Crippen LogP contribution in [0.3, 0.4) is 0 Å². The van der Waals surface area contributed by atoms with Crippen molar-refractivity contribution >= 4 is 7.60 Å². The Balaban J connectivity index is 0. The predicted octanol–water partition coefficient (Wildman–Crippen LogP) is 7.61. The summed E-state index contributed by atoms with van der Waals surface area (Å²) in [5.74, 6) is 1.42. The molecule has 0 aromatic heterocycles. The highest BCUT2D eigenvalue weighted by Crippen LogP contribution is 2.32. The maximum atomic E-state index is 9.69. The van der Waals surface area contributed by atoms with Crippen LogP contribution in [0.5, 0.6) is 0 Å². The van der Waals surface area contributed by atoms with Gasteiger partial charge in [-0.25, -0.2) is 0 Å². The molecule has 2 atom stereocenters. The molecular weight excluding hydrogens is 367 g/mol. The molecule has 3 nitrogen and oxygen atoms in total. The maximum Gasteiger partial charge on any atom is 0.325 e. The van der Waals surface area contributed by atoms with Crippen LogP contribution in [0.2, 0.25) is 0 Å². The summed E-state index contributed by atoms with van der Waals surface area (Å²) in [6, 6.07) is 21.3. The minimum atomic E-state index is -3.65. The monoisotopic (exact) mass is 408 g/mol. The lowest BCUT2D eigenvalue weighted by molar-refractivity contribution is 0.375. The van der Waals surface area contributed by atoms with Crippen molar-refractivity contribution in [2.45, 2.75) is 73.1 Å². The zero-order chi connectivity index (χ0) is 22.0. The summed E-state index contributed by atoms with van der Waals surface area (Å²) >= 11 is 0. The zero-order valence-corrected chi connectivity index (χ0v) is 19.7. The fourth-order valence-corrected chi connectivity index (χ4v) is 2.03. The molecule has 4 heteroatoms. The lowest BCUT2D eigenvalue weighted by Gasteiger charge is -2.06. The van der Waals surface area contributed by atoms with Gasteiger partial charge < -0.3 is 9.79 Å². The average molecular weight is 409 g/mol. The van der Waals surface area contributed by atoms with E-state index < -0.39 is 7.60 Å². The largest absolute Gasteiger partial charge is 0.325 e. The lowest BCUT2D eigenvalue weighted by atomic mass is 9.99. The first-order valence-electron chi connectivity index (χ1n) is 10.4. The first-order valence-corrected chi connectivity index (χ1v) is 12.2. The summed E-state index contributed by atoms with van der Waals surface area (Å²) in [5, 5.41) is 0. The van der Waals surface area contributed by atoms with E-state index in [1.165, 1.54) is 30.9 Å². The summed E-state index contributed by atoms with van der Waals surface area (Å²) in [4.78, 5) is 15.9. The molecule has 0 saturated heterocycles. The van der Waals surface area contributed by atoms with E-state index in [9.17, 15) is 4.57 Å². The standard InChI is InChI=1S/2C10H14.C2H7O3P.C2H6/c2*1-3-9(2)10-7-5-4-6-8-10;1-2-6(3,4)5;1-2/h2*4-9H,3H2,1-2H3;2H2,1H3,(H2,3,4,5);1-2H3. The molecule has 0 fully saturated rings. The molecule has 0 bridgehead atoms. The van der Waals surface area contributed by atoms with Gasteiger partial charge in [0.15, 0.2) is 0 Å². The number of hydrogen-bond acceptors (Lipinski definition) is 1. The minimum Gasteiger partial charge on any atom is -0.324 e. The van der Waals surface area contributed by atoms with E-state index in [4.69, 9.17) is 9.79 Å². The van der Waals surface area contributed by atoms with Gasteiger partial charge in [-0.05, 0) is 35.8 Å². The van der Waals surface area contributed by atoms with Crippen molar-refractivity contribution in [3.63, 3.8) is 0 Å². The van der Waals surface area contributed by atoms with Crippen LogP contribution >= 0.6 is 7.60 Å². The van der Waals surface area contributed by atoms with Gasteiger partial charge in [0.1, 0.15) is 0 Å². The molecule has 0 aliphatic heterocycles. The molecule has 2 aromatic carbocycles. The summed E-state index contributed by atoms with van der Waals surface area (Å²) in [6.45, 7) is 14.4. The third kappa shape index (κ3) is 15.6. The van der Waals surface area contributed by atoms with Gasteiger partial charge in [0.2, 0.25) is 0 Å². The molecule has 0 aliphatic carbocycles. The molecule has 2 aromatic rings. The third-order valence-corrected chi connectivity index (χ3v) is 5.20. The second kappa shape index (κ2) is 17.7. The van der Waals surface area contributed by atoms with Crippen LogP contribution in [-0.2, 0) is 4.57 Å². The molecule has 0 aliphatic rings. The van der Waals surface area contributed by atoms with Gasteiger partial charge >= 0.3 is 7.60 Å². The Kier molecular flexibility index (Phi) is 18.2. The molecule has 0 amide bonds. The molecule has 2 unspecified atom stereocenters. The van der Waals surface area contributed by atoms with Gasteiger partial charge in [0, 0.05) is 6.16 Å². The Morgan fingerprint density at radius 2 is 0.964 bits per heavy atom. The van der Waals surface area contributed by atoms with Gasteiger partial charge in [-0.2, -0.15) is 0 Å². The van der Waals surface area contributed by atoms with E-state index in [-0.39, 0.29) is 6.16 Å². The van der Waals surface area contributed by atoms with Crippen molar-refractivity contribution < 1.29 is 14.4 Å². The van der Waals surface area contributed by atoms with Crippen LogP contribution < -0.4 is 0 Å². The number of rotatable bonds is 5. The van der Waals surface area contributed by atoms with Gasteiger partial charge in [0.25, 0.3) is 0 Å². The molecule has 2 rings (SSSR count). The molecule has 0 spiro atoms. The minimum absolute atomic E-state index is 0.0625. The van der Waals surface area contributed by atoms with E-state index in [1.54, 1.807) is 0 Å². The Morgan fingerprint density at radius 3 is 1.14 bits per heavy atom. The summed E-state index contributed by atoms with van der Waals surface area (Å²) < 4.78 is 9.69. The van der Waals surface area contributed by atoms with Crippen molar-refractivity contribution in [1.82, 2.24) is 0 Å². The van der Waals surface area contributed by atoms with Crippen molar-refractivity contribution in [3.8, 4) is 0 Å². The van der Waals surface area contributed by atoms with Crippen LogP contribution in [0.25, 0.3) is 0 Å². The molecule has 2 N–H and O–H groups in total. The van der Waals surface area contributed by atoms with Crippen LogP contribution in [-0.4, -0.2) is 15.9 Å². The first-order chi connectivity index (χ1) is 13.2. The van der Waals surface area contributed by atoms with Gasteiger partial charge in [-0.15, -0.1) is 0 Å². The van der Waals surface area contributed by atoms with E-state index in [1.807, 2.05) is 13.8 Å². The van der Waals surface area contributed by atoms with E-state index in [0.29, 0.717) is 11.8 Å². The van der Waals surface area contributed by atoms with E-state index in [0.717, 1.165) is 0 Å². The highest BCUT2D eigenvalue weighted by Gasteiger charge is 2.05. The molecule has 160 valence electrons. The van der Waals surface area contributed by atoms with Gasteiger partial charge in [-0.1, -0.05) is 109 Å². The zero-order valence-electron chi connectivity index (χ0n) is 18.8. The fraction of sp³-hybridized carbons (Fsp3) is 0.500. The van der Waals surface area contributed by atoms with Crippen LogP contribution in [0, 0.1) is 0 Å². The molecule has 0 heterocycles. The molecule has 0 saturated carbocycles. The van der Waals surface area contributed by atoms with Crippen molar-refractivity contribution in [3.05, 3.63) is 71.8 Å². The number of hydrogen-bond donors (Lipinski definition) is 2. The predicted molar refractivity (Wildman–Crippen MR) is 124 cm³/mol. The Hall–Kier alpha value is -1.41. The normalized spacial score (nSPS) is 12.0. The van der Waals surface area contributed by atoms with Crippen LogP contribution in [0.1, 0.15) is 84.3 Å². The third-order valence-electron chi connectivity index (χ3n) is 4.37. The van der Waals surface area contributed by atoms with Crippen molar-refractivity contribution in [2.24, 2.45) is 0 Å². The smallest absolute Gasteiger partial charge is 0.324 e. The second-order valence-electron chi connectivity index (χ2n) is 6.42. The Morgan fingerprint density at radius 1 is 0.714 bits per heavy atom. The Labute approximate surface area is 173 Å². The quantitative estimate of drug-likeness (QED) is 0.500. The molecule has 28 heavy (non-hydrogen) atoms. The number of benzene rings is 2. The second-order valence-corrected chi connectivity index (χ2v) is 8.38. The van der Waals surface area contributed by atoms with Crippen LogP contribution in [0.15, 0.2) is 60.7 Å². The summed E-state index contributed by atoms with van der Waals surface area (Å²) in [5.41, 5.74) is 2.90.